The topological polar surface area (TPSA) is 72.2 Å². The fourth-order valence-electron chi connectivity index (χ4n) is 1.10. The number of rotatable bonds is 3. The van der Waals surface area contributed by atoms with Gasteiger partial charge >= 0.3 is 0 Å². The Kier molecular flexibility index (Phi) is 4.09. The molecule has 0 saturated carbocycles. The lowest BCUT2D eigenvalue weighted by atomic mass is 10.2. The maximum atomic E-state index is 11.4. The Morgan fingerprint density at radius 2 is 2.12 bits per heavy atom. The van der Waals surface area contributed by atoms with E-state index < -0.39 is 10.8 Å². The Morgan fingerprint density at radius 1 is 1.50 bits per heavy atom. The minimum atomic E-state index is -0.684. The Hall–Kier alpha value is -1.33. The molecule has 1 amide bonds. The van der Waals surface area contributed by atoms with Gasteiger partial charge in [0.25, 0.3) is 11.6 Å². The minimum Gasteiger partial charge on any atom is -0.352 e. The van der Waals surface area contributed by atoms with Gasteiger partial charge in [-0.05, 0) is 13.0 Å². The Bertz CT molecular complexity index is 449. The lowest BCUT2D eigenvalue weighted by Gasteiger charge is -2.04. The van der Waals surface area contributed by atoms with Crippen LogP contribution in [0.25, 0.3) is 0 Å². The number of nitro benzene ring substituents is 1. The van der Waals surface area contributed by atoms with Crippen LogP contribution in [0, 0.1) is 10.1 Å². The molecule has 0 aliphatic carbocycles. The van der Waals surface area contributed by atoms with Gasteiger partial charge in [0.15, 0.2) is 0 Å². The average molecular weight is 263 g/mol. The van der Waals surface area contributed by atoms with E-state index in [1.54, 1.807) is 6.92 Å². The molecule has 0 saturated heterocycles. The molecule has 1 aromatic carbocycles. The summed E-state index contributed by atoms with van der Waals surface area (Å²) in [5, 5.41) is 13.0. The quantitative estimate of drug-likeness (QED) is 0.673. The number of amides is 1. The second kappa shape index (κ2) is 5.14. The number of hydrogen-bond donors (Lipinski definition) is 1. The van der Waals surface area contributed by atoms with Gasteiger partial charge < -0.3 is 5.32 Å². The number of nitro groups is 1. The predicted octanol–water partition coefficient (Wildman–Crippen LogP) is 2.65. The van der Waals surface area contributed by atoms with E-state index in [0.717, 1.165) is 6.07 Å². The molecule has 0 bridgehead atoms. The van der Waals surface area contributed by atoms with Gasteiger partial charge in [-0.25, -0.2) is 0 Å². The van der Waals surface area contributed by atoms with Crippen LogP contribution in [-0.2, 0) is 0 Å². The molecule has 0 aliphatic heterocycles. The first-order valence-corrected chi connectivity index (χ1v) is 5.14. The van der Waals surface area contributed by atoms with E-state index in [1.807, 2.05) is 0 Å². The summed E-state index contributed by atoms with van der Waals surface area (Å²) in [4.78, 5) is 21.4. The fourth-order valence-corrected chi connectivity index (χ4v) is 1.49. The molecule has 0 atom stereocenters. The molecular formula is C9H8Cl2N2O3. The first-order valence-electron chi connectivity index (χ1n) is 4.39. The number of carbonyl (C=O) groups is 1. The highest BCUT2D eigenvalue weighted by atomic mass is 35.5. The van der Waals surface area contributed by atoms with Crippen LogP contribution < -0.4 is 5.32 Å². The first-order chi connectivity index (χ1) is 7.47. The minimum absolute atomic E-state index is 0.0166. The summed E-state index contributed by atoms with van der Waals surface area (Å²) in [6.45, 7) is 2.16. The van der Waals surface area contributed by atoms with E-state index in [4.69, 9.17) is 23.2 Å². The van der Waals surface area contributed by atoms with Gasteiger partial charge in [-0.15, -0.1) is 0 Å². The van der Waals surface area contributed by atoms with Crippen molar-refractivity contribution in [1.29, 1.82) is 0 Å². The van der Waals surface area contributed by atoms with E-state index in [9.17, 15) is 14.9 Å². The zero-order chi connectivity index (χ0) is 12.3. The molecule has 16 heavy (non-hydrogen) atoms. The molecule has 0 aromatic heterocycles. The molecule has 5 nitrogen and oxygen atoms in total. The summed E-state index contributed by atoms with van der Waals surface area (Å²) in [6.07, 6.45) is 0. The summed E-state index contributed by atoms with van der Waals surface area (Å²) >= 11 is 11.3. The summed E-state index contributed by atoms with van der Waals surface area (Å²) in [6, 6.07) is 2.39. The van der Waals surface area contributed by atoms with Gasteiger partial charge in [0, 0.05) is 18.2 Å². The summed E-state index contributed by atoms with van der Waals surface area (Å²) in [5.41, 5.74) is -0.265. The maximum Gasteiger partial charge on any atom is 0.290 e. The first kappa shape index (κ1) is 12.7. The van der Waals surface area contributed by atoms with E-state index in [0.29, 0.717) is 6.54 Å². The number of hydrogen-bond acceptors (Lipinski definition) is 3. The Morgan fingerprint density at radius 3 is 2.62 bits per heavy atom. The molecule has 86 valence electrons. The smallest absolute Gasteiger partial charge is 0.290 e. The van der Waals surface area contributed by atoms with Crippen LogP contribution in [0.3, 0.4) is 0 Å². The van der Waals surface area contributed by atoms with Crippen molar-refractivity contribution < 1.29 is 9.72 Å². The van der Waals surface area contributed by atoms with Crippen molar-refractivity contribution in [1.82, 2.24) is 5.32 Å². The number of nitrogens with zero attached hydrogens (tertiary/aromatic N) is 1. The number of nitrogens with one attached hydrogen (secondary N) is 1. The molecule has 0 radical (unpaired) electrons. The van der Waals surface area contributed by atoms with Gasteiger partial charge in [-0.3, -0.25) is 14.9 Å². The molecule has 0 aliphatic rings. The molecule has 0 fully saturated rings. The van der Waals surface area contributed by atoms with Crippen LogP contribution in [-0.4, -0.2) is 17.4 Å². The van der Waals surface area contributed by atoms with Crippen molar-refractivity contribution in [2.24, 2.45) is 0 Å². The number of halogens is 2. The van der Waals surface area contributed by atoms with Crippen LogP contribution in [0.15, 0.2) is 12.1 Å². The third-order valence-electron chi connectivity index (χ3n) is 1.81. The van der Waals surface area contributed by atoms with Crippen LogP contribution in [0.2, 0.25) is 10.0 Å². The highest BCUT2D eigenvalue weighted by Crippen LogP contribution is 2.32. The normalized spacial score (nSPS) is 9.94. The van der Waals surface area contributed by atoms with Gasteiger partial charge in [0.2, 0.25) is 0 Å². The van der Waals surface area contributed by atoms with E-state index in [2.05, 4.69) is 5.32 Å². The van der Waals surface area contributed by atoms with E-state index in [1.165, 1.54) is 6.07 Å². The Labute approximate surface area is 101 Å². The second-order valence-electron chi connectivity index (χ2n) is 2.91. The zero-order valence-electron chi connectivity index (χ0n) is 8.29. The summed E-state index contributed by atoms with van der Waals surface area (Å²) < 4.78 is 0. The molecule has 0 unspecified atom stereocenters. The largest absolute Gasteiger partial charge is 0.352 e. The highest BCUT2D eigenvalue weighted by molar-refractivity contribution is 6.43. The molecule has 1 rings (SSSR count). The highest BCUT2D eigenvalue weighted by Gasteiger charge is 2.19. The van der Waals surface area contributed by atoms with Crippen molar-refractivity contribution in [2.45, 2.75) is 6.92 Å². The summed E-state index contributed by atoms with van der Waals surface area (Å²) in [5.74, 6) is -0.427. The van der Waals surface area contributed by atoms with Crippen LogP contribution >= 0.6 is 23.2 Å². The lowest BCUT2D eigenvalue weighted by molar-refractivity contribution is -0.384. The predicted molar refractivity (Wildman–Crippen MR) is 61.1 cm³/mol. The standard InChI is InChI=1S/C9H8Cl2N2O3/c1-2-12-9(14)5-3-6(10)8(11)7(4-5)13(15)16/h3-4H,2H2,1H3,(H,12,14). The Balaban J connectivity index is 3.24. The van der Waals surface area contributed by atoms with Crippen molar-refractivity contribution in [2.75, 3.05) is 6.54 Å². The van der Waals surface area contributed by atoms with Gasteiger partial charge in [-0.1, -0.05) is 23.2 Å². The van der Waals surface area contributed by atoms with Crippen molar-refractivity contribution in [3.05, 3.63) is 37.9 Å². The maximum absolute atomic E-state index is 11.4. The third kappa shape index (κ3) is 2.62. The van der Waals surface area contributed by atoms with Crippen molar-refractivity contribution >= 4 is 34.8 Å². The third-order valence-corrected chi connectivity index (χ3v) is 2.60. The van der Waals surface area contributed by atoms with Gasteiger partial charge in [0.1, 0.15) is 5.02 Å². The van der Waals surface area contributed by atoms with Crippen LogP contribution in [0.5, 0.6) is 0 Å². The van der Waals surface area contributed by atoms with E-state index >= 15 is 0 Å². The van der Waals surface area contributed by atoms with Gasteiger partial charge in [-0.2, -0.15) is 0 Å². The fraction of sp³-hybridized carbons (Fsp3) is 0.222. The molecule has 0 heterocycles. The molecular weight excluding hydrogens is 255 g/mol. The number of benzene rings is 1. The summed E-state index contributed by atoms with van der Waals surface area (Å²) in [7, 11) is 0. The van der Waals surface area contributed by atoms with Gasteiger partial charge in [0.05, 0.1) is 9.95 Å². The van der Waals surface area contributed by atoms with Crippen LogP contribution in [0.1, 0.15) is 17.3 Å². The van der Waals surface area contributed by atoms with E-state index in [-0.39, 0.29) is 21.3 Å². The molecule has 0 spiro atoms. The SMILES string of the molecule is CCNC(=O)c1cc(Cl)c(Cl)c([N+](=O)[O-])c1. The second-order valence-corrected chi connectivity index (χ2v) is 3.69. The monoisotopic (exact) mass is 262 g/mol. The molecule has 7 heteroatoms. The number of carbonyl (C=O) groups excluding carboxylic acids is 1. The molecule has 1 aromatic rings. The molecule has 1 N–H and O–H groups in total. The van der Waals surface area contributed by atoms with Crippen molar-refractivity contribution in [3.63, 3.8) is 0 Å². The average Bonchev–Trinajstić information content (AvgIpc) is 2.21. The van der Waals surface area contributed by atoms with Crippen molar-refractivity contribution in [3.8, 4) is 0 Å². The lowest BCUT2D eigenvalue weighted by Crippen LogP contribution is -2.22. The zero-order valence-corrected chi connectivity index (χ0v) is 9.80. The van der Waals surface area contributed by atoms with Crippen LogP contribution in [0.4, 0.5) is 5.69 Å².